The number of rotatable bonds is 7. The highest BCUT2D eigenvalue weighted by Gasteiger charge is 2.32. The van der Waals surface area contributed by atoms with Crippen LogP contribution in [0.15, 0.2) is 30.8 Å². The summed E-state index contributed by atoms with van der Waals surface area (Å²) in [6.45, 7) is 5.69. The summed E-state index contributed by atoms with van der Waals surface area (Å²) in [5, 5.41) is 5.62. The van der Waals surface area contributed by atoms with Crippen molar-refractivity contribution < 1.29 is 27.1 Å². The van der Waals surface area contributed by atoms with E-state index in [2.05, 4.69) is 17.2 Å². The molecule has 2 aromatic carbocycles. The van der Waals surface area contributed by atoms with Crippen molar-refractivity contribution in [1.82, 2.24) is 5.32 Å². The van der Waals surface area contributed by atoms with E-state index in [4.69, 9.17) is 10.5 Å². The van der Waals surface area contributed by atoms with E-state index < -0.39 is 29.0 Å². The van der Waals surface area contributed by atoms with Crippen LogP contribution in [0.4, 0.5) is 23.2 Å². The first-order valence-corrected chi connectivity index (χ1v) is 9.00. The summed E-state index contributed by atoms with van der Waals surface area (Å²) in [4.78, 5) is 12.7. The minimum absolute atomic E-state index is 0.0826. The second kappa shape index (κ2) is 9.27. The smallest absolute Gasteiger partial charge is 0.416 e. The molecule has 0 bridgehead atoms. The van der Waals surface area contributed by atoms with Crippen LogP contribution in [0, 0.1) is 5.82 Å². The molecule has 30 heavy (non-hydrogen) atoms. The average Bonchev–Trinajstić information content (AvgIpc) is 2.70. The Labute approximate surface area is 171 Å². The number of anilines is 1. The Morgan fingerprint density at radius 2 is 1.97 bits per heavy atom. The Balaban J connectivity index is 2.61. The van der Waals surface area contributed by atoms with Crippen LogP contribution in [0.1, 0.15) is 45.6 Å². The Hall–Kier alpha value is -2.91. The molecule has 9 heteroatoms. The number of hydrogen-bond donors (Lipinski definition) is 3. The molecule has 1 unspecified atom stereocenters. The Bertz CT molecular complexity index is 958. The van der Waals surface area contributed by atoms with Crippen molar-refractivity contribution in [2.45, 2.75) is 25.7 Å². The molecule has 0 spiro atoms. The predicted molar refractivity (Wildman–Crippen MR) is 108 cm³/mol. The van der Waals surface area contributed by atoms with Crippen LogP contribution in [0.2, 0.25) is 0 Å². The van der Waals surface area contributed by atoms with Crippen LogP contribution < -0.4 is 21.1 Å². The van der Waals surface area contributed by atoms with Crippen LogP contribution in [0.5, 0.6) is 5.75 Å². The molecule has 5 nitrogen and oxygen atoms in total. The lowest BCUT2D eigenvalue weighted by Gasteiger charge is -2.23. The van der Waals surface area contributed by atoms with E-state index in [1.807, 2.05) is 6.92 Å². The fourth-order valence-corrected chi connectivity index (χ4v) is 3.15. The number of ether oxygens (including phenoxy) is 1. The van der Waals surface area contributed by atoms with Crippen LogP contribution >= 0.6 is 0 Å². The minimum atomic E-state index is -4.79. The standard InChI is InChI=1S/C21H23F4N3O2/c1-5-16-18(11(2)27-3)17(8-13(10-26)19(16)30-4)28-20(29)12-6-14(21(23,24)25)9-15(22)7-12/h5-9,11,27H,1,10,26H2,2-4H3,(H,28,29). The Kier molecular flexibility index (Phi) is 7.22. The lowest BCUT2D eigenvalue weighted by atomic mass is 9.94. The third kappa shape index (κ3) is 4.80. The molecule has 2 rings (SSSR count). The van der Waals surface area contributed by atoms with Gasteiger partial charge in [-0.05, 0) is 38.2 Å². The van der Waals surface area contributed by atoms with Gasteiger partial charge in [-0.25, -0.2) is 4.39 Å². The van der Waals surface area contributed by atoms with Gasteiger partial charge in [-0.15, -0.1) is 0 Å². The van der Waals surface area contributed by atoms with E-state index in [1.165, 1.54) is 7.11 Å². The zero-order valence-corrected chi connectivity index (χ0v) is 16.8. The molecule has 0 fully saturated rings. The van der Waals surface area contributed by atoms with Crippen molar-refractivity contribution in [2.24, 2.45) is 5.73 Å². The van der Waals surface area contributed by atoms with Crippen LogP contribution in [0.3, 0.4) is 0 Å². The first-order valence-electron chi connectivity index (χ1n) is 9.00. The fourth-order valence-electron chi connectivity index (χ4n) is 3.15. The highest BCUT2D eigenvalue weighted by molar-refractivity contribution is 6.05. The van der Waals surface area contributed by atoms with Gasteiger partial charge in [-0.1, -0.05) is 12.7 Å². The molecule has 0 aliphatic carbocycles. The maximum absolute atomic E-state index is 13.7. The summed E-state index contributed by atoms with van der Waals surface area (Å²) >= 11 is 0. The number of carbonyl (C=O) groups is 1. The van der Waals surface area contributed by atoms with Crippen molar-refractivity contribution in [3.63, 3.8) is 0 Å². The SMILES string of the molecule is C=Cc1c(OC)c(CN)cc(NC(=O)c2cc(F)cc(C(F)(F)F)c2)c1C(C)NC. The van der Waals surface area contributed by atoms with E-state index in [1.54, 1.807) is 19.2 Å². The van der Waals surface area contributed by atoms with E-state index >= 15 is 0 Å². The molecule has 2 aromatic rings. The molecular weight excluding hydrogens is 402 g/mol. The Morgan fingerprint density at radius 3 is 2.47 bits per heavy atom. The summed E-state index contributed by atoms with van der Waals surface area (Å²) in [5.74, 6) is -1.58. The normalized spacial score (nSPS) is 12.4. The lowest BCUT2D eigenvalue weighted by molar-refractivity contribution is -0.137. The van der Waals surface area contributed by atoms with Crippen molar-refractivity contribution in [3.8, 4) is 5.75 Å². The van der Waals surface area contributed by atoms with E-state index in [-0.39, 0.29) is 12.6 Å². The maximum atomic E-state index is 13.7. The van der Waals surface area contributed by atoms with E-state index in [0.29, 0.717) is 40.3 Å². The number of benzene rings is 2. The molecule has 0 saturated carbocycles. The minimum Gasteiger partial charge on any atom is -0.496 e. The topological polar surface area (TPSA) is 76.4 Å². The first-order chi connectivity index (χ1) is 14.1. The number of nitrogens with one attached hydrogen (secondary N) is 2. The number of methoxy groups -OCH3 is 1. The van der Waals surface area contributed by atoms with Crippen LogP contribution in [-0.2, 0) is 12.7 Å². The molecule has 162 valence electrons. The van der Waals surface area contributed by atoms with Crippen LogP contribution in [0.25, 0.3) is 6.08 Å². The number of carbonyl (C=O) groups excluding carboxylic acids is 1. The summed E-state index contributed by atoms with van der Waals surface area (Å²) in [6.07, 6.45) is -3.24. The zero-order valence-electron chi connectivity index (χ0n) is 16.8. The van der Waals surface area contributed by atoms with Gasteiger partial charge >= 0.3 is 6.18 Å². The predicted octanol–water partition coefficient (Wildman–Crippen LogP) is 4.49. The molecule has 0 aromatic heterocycles. The summed E-state index contributed by atoms with van der Waals surface area (Å²) < 4.78 is 58.1. The maximum Gasteiger partial charge on any atom is 0.416 e. The zero-order chi connectivity index (χ0) is 22.6. The second-order valence-corrected chi connectivity index (χ2v) is 6.54. The number of alkyl halides is 3. The van der Waals surface area contributed by atoms with Gasteiger partial charge in [0.2, 0.25) is 0 Å². The summed E-state index contributed by atoms with van der Waals surface area (Å²) in [7, 11) is 3.17. The van der Waals surface area contributed by atoms with Gasteiger partial charge in [0.25, 0.3) is 5.91 Å². The largest absolute Gasteiger partial charge is 0.496 e. The van der Waals surface area contributed by atoms with E-state index in [9.17, 15) is 22.4 Å². The van der Waals surface area contributed by atoms with Gasteiger partial charge in [0, 0.05) is 40.5 Å². The monoisotopic (exact) mass is 425 g/mol. The number of hydrogen-bond acceptors (Lipinski definition) is 4. The fraction of sp³-hybridized carbons (Fsp3) is 0.286. The molecule has 4 N–H and O–H groups in total. The highest BCUT2D eigenvalue weighted by atomic mass is 19.4. The lowest BCUT2D eigenvalue weighted by Crippen LogP contribution is -2.21. The summed E-state index contributed by atoms with van der Waals surface area (Å²) in [6, 6.07) is 2.97. The molecule has 0 aliphatic heterocycles. The van der Waals surface area contributed by atoms with Gasteiger partial charge in [-0.2, -0.15) is 13.2 Å². The quantitative estimate of drug-likeness (QED) is 0.572. The molecule has 1 atom stereocenters. The number of amides is 1. The van der Waals surface area contributed by atoms with Crippen molar-refractivity contribution in [3.05, 3.63) is 64.5 Å². The number of nitrogens with two attached hydrogens (primary N) is 1. The third-order valence-electron chi connectivity index (χ3n) is 4.66. The average molecular weight is 425 g/mol. The van der Waals surface area contributed by atoms with Crippen molar-refractivity contribution in [1.29, 1.82) is 0 Å². The third-order valence-corrected chi connectivity index (χ3v) is 4.66. The molecule has 0 radical (unpaired) electrons. The molecule has 0 aliphatic rings. The molecular formula is C21H23F4N3O2. The number of halogens is 4. The van der Waals surface area contributed by atoms with Crippen LogP contribution in [-0.4, -0.2) is 20.1 Å². The van der Waals surface area contributed by atoms with Gasteiger partial charge in [0.05, 0.1) is 12.7 Å². The van der Waals surface area contributed by atoms with Crippen molar-refractivity contribution >= 4 is 17.7 Å². The molecule has 0 saturated heterocycles. The molecule has 0 heterocycles. The van der Waals surface area contributed by atoms with Gasteiger partial charge in [0.15, 0.2) is 0 Å². The summed E-state index contributed by atoms with van der Waals surface area (Å²) in [5.41, 5.74) is 6.12. The van der Waals surface area contributed by atoms with Gasteiger partial charge in [0.1, 0.15) is 11.6 Å². The molecule has 1 amide bonds. The second-order valence-electron chi connectivity index (χ2n) is 6.54. The van der Waals surface area contributed by atoms with Crippen molar-refractivity contribution in [2.75, 3.05) is 19.5 Å². The van der Waals surface area contributed by atoms with Gasteiger partial charge < -0.3 is 21.1 Å². The first kappa shape index (κ1) is 23.4. The van der Waals surface area contributed by atoms with Gasteiger partial charge in [-0.3, -0.25) is 4.79 Å². The Morgan fingerprint density at radius 1 is 1.30 bits per heavy atom. The van der Waals surface area contributed by atoms with E-state index in [0.717, 1.165) is 6.07 Å². The highest BCUT2D eigenvalue weighted by Crippen LogP contribution is 2.38.